The van der Waals surface area contributed by atoms with Crippen LogP contribution in [0.2, 0.25) is 0 Å². The second kappa shape index (κ2) is 6.76. The molecular formula is C17H14F3NO2S. The Morgan fingerprint density at radius 1 is 1.21 bits per heavy atom. The largest absolute Gasteiger partial charge is 0.491 e. The van der Waals surface area contributed by atoms with Gasteiger partial charge in [0.15, 0.2) is 17.4 Å². The number of carbonyl (C=O) groups is 1. The van der Waals surface area contributed by atoms with E-state index in [1.165, 1.54) is 16.7 Å². The fraction of sp³-hybridized carbons (Fsp3) is 0.235. The molecule has 126 valence electrons. The van der Waals surface area contributed by atoms with E-state index >= 15 is 0 Å². The van der Waals surface area contributed by atoms with Gasteiger partial charge in [0.25, 0.3) is 5.91 Å². The number of methoxy groups -OCH3 is 1. The van der Waals surface area contributed by atoms with Gasteiger partial charge in [-0.1, -0.05) is 30.3 Å². The zero-order chi connectivity index (χ0) is 17.3. The molecule has 3 nitrogen and oxygen atoms in total. The minimum atomic E-state index is -1.44. The van der Waals surface area contributed by atoms with Crippen molar-refractivity contribution in [2.24, 2.45) is 0 Å². The van der Waals surface area contributed by atoms with Gasteiger partial charge in [-0.3, -0.25) is 4.79 Å². The van der Waals surface area contributed by atoms with E-state index in [9.17, 15) is 18.0 Å². The summed E-state index contributed by atoms with van der Waals surface area (Å²) in [6.45, 7) is 0.393. The standard InChI is InChI=1S/C17H14F3NO2S/c1-23-15-13(19)11(9-12(18)14(15)20)16(22)21-7-8-24-17(21)10-5-3-2-4-6-10/h2-6,9,17H,7-8H2,1H3. The molecule has 1 saturated heterocycles. The molecule has 1 unspecified atom stereocenters. The smallest absolute Gasteiger partial charge is 0.258 e. The van der Waals surface area contributed by atoms with Crippen molar-refractivity contribution in [3.63, 3.8) is 0 Å². The zero-order valence-electron chi connectivity index (χ0n) is 12.8. The Labute approximate surface area is 141 Å². The third-order valence-corrected chi connectivity index (χ3v) is 5.05. The van der Waals surface area contributed by atoms with Crippen LogP contribution >= 0.6 is 11.8 Å². The van der Waals surface area contributed by atoms with Gasteiger partial charge >= 0.3 is 0 Å². The summed E-state index contributed by atoms with van der Waals surface area (Å²) in [5.41, 5.74) is 0.359. The maximum atomic E-state index is 14.4. The average Bonchev–Trinajstić information content (AvgIpc) is 3.08. The Morgan fingerprint density at radius 2 is 1.92 bits per heavy atom. The van der Waals surface area contributed by atoms with Gasteiger partial charge in [0.2, 0.25) is 5.82 Å². The van der Waals surface area contributed by atoms with Crippen molar-refractivity contribution >= 4 is 17.7 Å². The van der Waals surface area contributed by atoms with Crippen molar-refractivity contribution in [1.82, 2.24) is 4.90 Å². The van der Waals surface area contributed by atoms with Crippen LogP contribution in [-0.2, 0) is 0 Å². The minimum Gasteiger partial charge on any atom is -0.491 e. The highest BCUT2D eigenvalue weighted by atomic mass is 32.2. The lowest BCUT2D eigenvalue weighted by molar-refractivity contribution is 0.0753. The van der Waals surface area contributed by atoms with Crippen LogP contribution in [0.5, 0.6) is 5.75 Å². The third-order valence-electron chi connectivity index (χ3n) is 3.79. The first-order valence-corrected chi connectivity index (χ1v) is 8.28. The molecule has 1 amide bonds. The van der Waals surface area contributed by atoms with Crippen LogP contribution in [0.3, 0.4) is 0 Å². The van der Waals surface area contributed by atoms with E-state index in [4.69, 9.17) is 0 Å². The molecular weight excluding hydrogens is 339 g/mol. The van der Waals surface area contributed by atoms with Gasteiger partial charge in [-0.05, 0) is 11.6 Å². The average molecular weight is 353 g/mol. The fourth-order valence-electron chi connectivity index (χ4n) is 2.64. The number of hydrogen-bond donors (Lipinski definition) is 0. The number of thioether (sulfide) groups is 1. The Bertz CT molecular complexity index is 770. The number of rotatable bonds is 3. The van der Waals surface area contributed by atoms with Crippen LogP contribution in [0.15, 0.2) is 36.4 Å². The highest BCUT2D eigenvalue weighted by molar-refractivity contribution is 7.99. The van der Waals surface area contributed by atoms with Crippen LogP contribution < -0.4 is 4.74 Å². The van der Waals surface area contributed by atoms with Gasteiger partial charge in [-0.15, -0.1) is 11.8 Å². The zero-order valence-corrected chi connectivity index (χ0v) is 13.6. The number of benzene rings is 2. The normalized spacial score (nSPS) is 17.2. The molecule has 7 heteroatoms. The molecule has 2 aromatic rings. The summed E-state index contributed by atoms with van der Waals surface area (Å²) in [6, 6.07) is 9.86. The maximum Gasteiger partial charge on any atom is 0.258 e. The summed E-state index contributed by atoms with van der Waals surface area (Å²) in [7, 11) is 1.02. The van der Waals surface area contributed by atoms with Gasteiger partial charge < -0.3 is 9.64 Å². The van der Waals surface area contributed by atoms with E-state index in [2.05, 4.69) is 4.74 Å². The van der Waals surface area contributed by atoms with Crippen LogP contribution in [-0.4, -0.2) is 30.2 Å². The topological polar surface area (TPSA) is 29.5 Å². The minimum absolute atomic E-state index is 0.294. The summed E-state index contributed by atoms with van der Waals surface area (Å²) in [6.07, 6.45) is 0. The van der Waals surface area contributed by atoms with E-state index < -0.39 is 34.7 Å². The predicted molar refractivity (Wildman–Crippen MR) is 85.5 cm³/mol. The molecule has 1 aliphatic heterocycles. The summed E-state index contributed by atoms with van der Waals surface area (Å²) in [5.74, 6) is -4.86. The molecule has 1 heterocycles. The SMILES string of the molecule is COc1c(F)c(F)cc(C(=O)N2CCSC2c2ccccc2)c1F. The summed E-state index contributed by atoms with van der Waals surface area (Å²) in [4.78, 5) is 14.2. The Kier molecular flexibility index (Phi) is 4.71. The molecule has 2 aromatic carbocycles. The Balaban J connectivity index is 1.99. The molecule has 1 atom stereocenters. The van der Waals surface area contributed by atoms with Crippen molar-refractivity contribution in [2.45, 2.75) is 5.37 Å². The number of amides is 1. The van der Waals surface area contributed by atoms with Crippen molar-refractivity contribution < 1.29 is 22.7 Å². The van der Waals surface area contributed by atoms with E-state index in [1.807, 2.05) is 30.3 Å². The number of nitrogens with zero attached hydrogens (tertiary/aromatic N) is 1. The van der Waals surface area contributed by atoms with Crippen molar-refractivity contribution in [3.8, 4) is 5.75 Å². The Hall–Kier alpha value is -2.15. The van der Waals surface area contributed by atoms with Crippen LogP contribution in [0.4, 0.5) is 13.2 Å². The fourth-order valence-corrected chi connectivity index (χ4v) is 3.90. The molecule has 0 spiro atoms. The number of carbonyl (C=O) groups excluding carboxylic acids is 1. The van der Waals surface area contributed by atoms with Crippen LogP contribution in [0.25, 0.3) is 0 Å². The van der Waals surface area contributed by atoms with Crippen molar-refractivity contribution in [3.05, 3.63) is 65.0 Å². The maximum absolute atomic E-state index is 14.4. The van der Waals surface area contributed by atoms with E-state index in [0.717, 1.165) is 12.7 Å². The van der Waals surface area contributed by atoms with Gasteiger partial charge in [-0.25, -0.2) is 8.78 Å². The Morgan fingerprint density at radius 3 is 2.58 bits per heavy atom. The summed E-state index contributed by atoms with van der Waals surface area (Å²) < 4.78 is 46.1. The molecule has 0 bridgehead atoms. The van der Waals surface area contributed by atoms with E-state index in [-0.39, 0.29) is 5.37 Å². The molecule has 0 aliphatic carbocycles. The first-order chi connectivity index (χ1) is 11.5. The summed E-state index contributed by atoms with van der Waals surface area (Å²) in [5, 5.41) is -0.294. The van der Waals surface area contributed by atoms with Crippen LogP contribution in [0, 0.1) is 17.5 Å². The van der Waals surface area contributed by atoms with Gasteiger partial charge in [0, 0.05) is 12.3 Å². The predicted octanol–water partition coefficient (Wildman–Crippen LogP) is 4.00. The van der Waals surface area contributed by atoms with Crippen LogP contribution in [0.1, 0.15) is 21.3 Å². The van der Waals surface area contributed by atoms with Crippen molar-refractivity contribution in [1.29, 1.82) is 0 Å². The monoisotopic (exact) mass is 353 g/mol. The number of ether oxygens (including phenoxy) is 1. The summed E-state index contributed by atoms with van der Waals surface area (Å²) >= 11 is 1.53. The highest BCUT2D eigenvalue weighted by Gasteiger charge is 2.34. The van der Waals surface area contributed by atoms with E-state index in [0.29, 0.717) is 18.4 Å². The molecule has 1 fully saturated rings. The lowest BCUT2D eigenvalue weighted by Crippen LogP contribution is -2.31. The second-order valence-corrected chi connectivity index (χ2v) is 6.39. The third kappa shape index (κ3) is 2.84. The van der Waals surface area contributed by atoms with E-state index in [1.54, 1.807) is 0 Å². The lowest BCUT2D eigenvalue weighted by Gasteiger charge is -2.24. The lowest BCUT2D eigenvalue weighted by atomic mass is 10.1. The van der Waals surface area contributed by atoms with Crippen molar-refractivity contribution in [2.75, 3.05) is 19.4 Å². The molecule has 0 radical (unpaired) electrons. The molecule has 0 N–H and O–H groups in total. The second-order valence-electron chi connectivity index (χ2n) is 5.20. The highest BCUT2D eigenvalue weighted by Crippen LogP contribution is 2.39. The first kappa shape index (κ1) is 16.7. The quantitative estimate of drug-likeness (QED) is 0.781. The molecule has 0 aromatic heterocycles. The molecule has 1 aliphatic rings. The first-order valence-electron chi connectivity index (χ1n) is 7.23. The molecule has 24 heavy (non-hydrogen) atoms. The molecule has 0 saturated carbocycles. The number of halogens is 3. The number of hydrogen-bond acceptors (Lipinski definition) is 3. The van der Waals surface area contributed by atoms with Gasteiger partial charge in [0.05, 0.1) is 12.7 Å². The molecule has 3 rings (SSSR count). The van der Waals surface area contributed by atoms with Gasteiger partial charge in [-0.2, -0.15) is 4.39 Å². The van der Waals surface area contributed by atoms with Gasteiger partial charge in [0.1, 0.15) is 5.37 Å².